The van der Waals surface area contributed by atoms with E-state index in [4.69, 9.17) is 4.98 Å². The first kappa shape index (κ1) is 25.3. The van der Waals surface area contributed by atoms with Crippen LogP contribution in [0.3, 0.4) is 0 Å². The van der Waals surface area contributed by atoms with E-state index in [-0.39, 0.29) is 0 Å². The summed E-state index contributed by atoms with van der Waals surface area (Å²) in [6, 6.07) is 55.6. The van der Waals surface area contributed by atoms with Crippen molar-refractivity contribution in [1.82, 2.24) is 9.55 Å². The van der Waals surface area contributed by atoms with Crippen LogP contribution in [0.2, 0.25) is 0 Å². The Kier molecular flexibility index (Phi) is 5.57. The Morgan fingerprint density at radius 1 is 0.489 bits per heavy atom. The van der Waals surface area contributed by atoms with Crippen molar-refractivity contribution < 1.29 is 0 Å². The average Bonchev–Trinajstić information content (AvgIpc) is 3.45. The molecule has 9 aromatic rings. The number of para-hydroxylation sites is 1. The lowest BCUT2D eigenvalue weighted by molar-refractivity contribution is 1.10. The van der Waals surface area contributed by atoms with E-state index in [1.807, 2.05) is 30.3 Å². The van der Waals surface area contributed by atoms with Gasteiger partial charge >= 0.3 is 0 Å². The monoisotopic (exact) mass is 571 g/mol. The van der Waals surface area contributed by atoms with Gasteiger partial charge in [-0.25, -0.2) is 4.98 Å². The van der Waals surface area contributed by atoms with Crippen LogP contribution in [0.4, 0.5) is 0 Å². The van der Waals surface area contributed by atoms with Crippen LogP contribution < -0.4 is 0 Å². The molecule has 0 atom stereocenters. The van der Waals surface area contributed by atoms with Crippen LogP contribution in [0.25, 0.3) is 82.3 Å². The summed E-state index contributed by atoms with van der Waals surface area (Å²) in [5.74, 6) is 0.742. The summed E-state index contributed by atoms with van der Waals surface area (Å²) in [5, 5.41) is 18.1. The van der Waals surface area contributed by atoms with Gasteiger partial charge in [0.1, 0.15) is 5.82 Å². The molecule has 0 amide bonds. The summed E-state index contributed by atoms with van der Waals surface area (Å²) in [7, 11) is 0. The zero-order chi connectivity index (χ0) is 29.9. The molecule has 0 aliphatic carbocycles. The van der Waals surface area contributed by atoms with Crippen LogP contribution in [0.15, 0.2) is 152 Å². The molecule has 3 nitrogen and oxygen atoms in total. The van der Waals surface area contributed by atoms with Crippen molar-refractivity contribution >= 4 is 54.3 Å². The zero-order valence-electron chi connectivity index (χ0n) is 24.3. The highest BCUT2D eigenvalue weighted by atomic mass is 15.1. The predicted molar refractivity (Wildman–Crippen MR) is 187 cm³/mol. The summed E-state index contributed by atoms with van der Waals surface area (Å²) in [4.78, 5) is 5.08. The van der Waals surface area contributed by atoms with Gasteiger partial charge in [0.15, 0.2) is 0 Å². The summed E-state index contributed by atoms with van der Waals surface area (Å²) < 4.78 is 2.21. The van der Waals surface area contributed by atoms with E-state index in [1.165, 1.54) is 43.6 Å². The van der Waals surface area contributed by atoms with Crippen molar-refractivity contribution in [3.8, 4) is 34.1 Å². The fourth-order valence-corrected chi connectivity index (χ4v) is 6.99. The van der Waals surface area contributed by atoms with Gasteiger partial charge in [-0.1, -0.05) is 121 Å². The third-order valence-electron chi connectivity index (χ3n) is 9.03. The first-order valence-corrected chi connectivity index (χ1v) is 15.1. The van der Waals surface area contributed by atoms with Gasteiger partial charge in [-0.05, 0) is 74.1 Å². The minimum atomic E-state index is 0.619. The van der Waals surface area contributed by atoms with Gasteiger partial charge in [0.25, 0.3) is 0 Å². The molecule has 0 radical (unpaired) electrons. The van der Waals surface area contributed by atoms with Gasteiger partial charge in [0, 0.05) is 16.2 Å². The maximum absolute atomic E-state index is 10.1. The molecular weight excluding hydrogens is 546 g/mol. The number of hydrogen-bond donors (Lipinski definition) is 0. The molecule has 2 heterocycles. The highest BCUT2D eigenvalue weighted by Gasteiger charge is 2.19. The molecule has 9 rings (SSSR count). The minimum absolute atomic E-state index is 0.619. The van der Waals surface area contributed by atoms with E-state index in [0.29, 0.717) is 5.56 Å². The van der Waals surface area contributed by atoms with Crippen molar-refractivity contribution in [2.45, 2.75) is 0 Å². The SMILES string of the molecule is N#Cc1cc(-n2c3ccc(-c4ccc(-c5ccccc5)c5ccccc45)cc3c3c4ccccc4ccc32)nc2ccccc12. The first-order valence-electron chi connectivity index (χ1n) is 15.1. The molecule has 0 aliphatic heterocycles. The van der Waals surface area contributed by atoms with E-state index in [2.05, 4.69) is 132 Å². The second kappa shape index (κ2) is 9.91. The number of nitriles is 1. The maximum atomic E-state index is 10.1. The molecule has 0 bridgehead atoms. The maximum Gasteiger partial charge on any atom is 0.139 e. The van der Waals surface area contributed by atoms with Crippen LogP contribution >= 0.6 is 0 Å². The summed E-state index contributed by atoms with van der Waals surface area (Å²) in [6.45, 7) is 0. The number of hydrogen-bond acceptors (Lipinski definition) is 2. The van der Waals surface area contributed by atoms with E-state index >= 15 is 0 Å². The Morgan fingerprint density at radius 3 is 1.91 bits per heavy atom. The summed E-state index contributed by atoms with van der Waals surface area (Å²) >= 11 is 0. The van der Waals surface area contributed by atoms with Crippen molar-refractivity contribution in [3.63, 3.8) is 0 Å². The van der Waals surface area contributed by atoms with Gasteiger partial charge < -0.3 is 0 Å². The molecule has 0 N–H and O–H groups in total. The smallest absolute Gasteiger partial charge is 0.139 e. The van der Waals surface area contributed by atoms with Crippen LogP contribution in [0.5, 0.6) is 0 Å². The Labute approximate surface area is 259 Å². The van der Waals surface area contributed by atoms with Gasteiger partial charge in [-0.15, -0.1) is 0 Å². The molecule has 0 saturated carbocycles. The number of pyridine rings is 1. The molecule has 45 heavy (non-hydrogen) atoms. The molecule has 0 spiro atoms. The highest BCUT2D eigenvalue weighted by molar-refractivity contribution is 6.22. The number of aromatic nitrogens is 2. The van der Waals surface area contributed by atoms with Crippen LogP contribution in [0.1, 0.15) is 5.56 Å². The standard InChI is InChI=1S/C42H25N3/c43-26-30-25-41(44-38-17-9-8-13-33(30)38)45-39-22-19-29(24-37(39)42-34-14-5-4-12-28(34)18-23-40(42)45)32-21-20-31(27-10-2-1-3-11-27)35-15-6-7-16-36(32)35/h1-25H. The van der Waals surface area contributed by atoms with Crippen molar-refractivity contribution in [3.05, 3.63) is 157 Å². The quantitative estimate of drug-likeness (QED) is 0.212. The van der Waals surface area contributed by atoms with Gasteiger partial charge in [0.2, 0.25) is 0 Å². The lowest BCUT2D eigenvalue weighted by atomic mass is 9.91. The molecule has 0 fully saturated rings. The molecule has 3 heteroatoms. The molecule has 0 aliphatic rings. The van der Waals surface area contributed by atoms with Gasteiger partial charge in [-0.2, -0.15) is 5.26 Å². The Bertz CT molecular complexity index is 2660. The largest absolute Gasteiger partial charge is 0.294 e. The average molecular weight is 572 g/mol. The highest BCUT2D eigenvalue weighted by Crippen LogP contribution is 2.41. The van der Waals surface area contributed by atoms with Crippen molar-refractivity contribution in [2.75, 3.05) is 0 Å². The fourth-order valence-electron chi connectivity index (χ4n) is 6.99. The lowest BCUT2D eigenvalue weighted by Gasteiger charge is -2.13. The Morgan fingerprint density at radius 2 is 1.13 bits per heavy atom. The third kappa shape index (κ3) is 3.87. The van der Waals surface area contributed by atoms with E-state index in [1.54, 1.807) is 0 Å². The molecule has 0 saturated heterocycles. The van der Waals surface area contributed by atoms with E-state index in [0.717, 1.165) is 38.7 Å². The molecule has 0 unspecified atom stereocenters. The lowest BCUT2D eigenvalue weighted by Crippen LogP contribution is -1.99. The summed E-state index contributed by atoms with van der Waals surface area (Å²) in [6.07, 6.45) is 0. The van der Waals surface area contributed by atoms with Crippen molar-refractivity contribution in [2.24, 2.45) is 0 Å². The zero-order valence-corrected chi connectivity index (χ0v) is 24.3. The van der Waals surface area contributed by atoms with Gasteiger partial charge in [0.05, 0.1) is 28.2 Å². The number of rotatable bonds is 3. The number of fused-ring (bicyclic) bond motifs is 7. The molecule has 208 valence electrons. The minimum Gasteiger partial charge on any atom is -0.294 e. The Balaban J connectivity index is 1.35. The number of nitrogens with zero attached hydrogens (tertiary/aromatic N) is 3. The van der Waals surface area contributed by atoms with E-state index in [9.17, 15) is 5.26 Å². The third-order valence-corrected chi connectivity index (χ3v) is 9.03. The number of benzene rings is 7. The fraction of sp³-hybridized carbons (Fsp3) is 0. The van der Waals surface area contributed by atoms with Crippen molar-refractivity contribution in [1.29, 1.82) is 5.26 Å². The Hall–Kier alpha value is -6.24. The molecule has 2 aromatic heterocycles. The second-order valence-electron chi connectivity index (χ2n) is 11.5. The van der Waals surface area contributed by atoms with Gasteiger partial charge in [-0.3, -0.25) is 4.57 Å². The first-order chi connectivity index (χ1) is 22.3. The molecule has 7 aromatic carbocycles. The van der Waals surface area contributed by atoms with Crippen LogP contribution in [-0.4, -0.2) is 9.55 Å². The molecular formula is C42H25N3. The van der Waals surface area contributed by atoms with E-state index < -0.39 is 0 Å². The second-order valence-corrected chi connectivity index (χ2v) is 11.5. The predicted octanol–water partition coefficient (Wildman–Crippen LogP) is 10.8. The van der Waals surface area contributed by atoms with Crippen LogP contribution in [-0.2, 0) is 0 Å². The normalized spacial score (nSPS) is 11.5. The topological polar surface area (TPSA) is 41.6 Å². The van der Waals surface area contributed by atoms with Crippen LogP contribution in [0, 0.1) is 11.3 Å². The summed E-state index contributed by atoms with van der Waals surface area (Å²) in [5.41, 5.74) is 8.35.